The van der Waals surface area contributed by atoms with Crippen LogP contribution in [0.15, 0.2) is 24.3 Å². The Kier molecular flexibility index (Phi) is 22.7. The van der Waals surface area contributed by atoms with E-state index in [-0.39, 0.29) is 12.5 Å². The van der Waals surface area contributed by atoms with Crippen LogP contribution in [0, 0.1) is 0 Å². The summed E-state index contributed by atoms with van der Waals surface area (Å²) in [5.74, 6) is -0.0565. The van der Waals surface area contributed by atoms with E-state index in [4.69, 9.17) is 0 Å². The minimum Gasteiger partial charge on any atom is -0.394 e. The highest BCUT2D eigenvalue weighted by molar-refractivity contribution is 5.76. The van der Waals surface area contributed by atoms with Crippen molar-refractivity contribution in [3.8, 4) is 0 Å². The summed E-state index contributed by atoms with van der Waals surface area (Å²) in [4.78, 5) is 12.1. The van der Waals surface area contributed by atoms with Gasteiger partial charge in [0.25, 0.3) is 0 Å². The molecule has 0 aliphatic rings. The predicted octanol–water partition coefficient (Wildman–Crippen LogP) is 6.61. The molecule has 0 saturated heterocycles. The molecular formula is C27H51NO3. The van der Waals surface area contributed by atoms with E-state index in [9.17, 15) is 15.0 Å². The molecule has 0 fully saturated rings. The summed E-state index contributed by atoms with van der Waals surface area (Å²) in [6.07, 6.45) is 26.6. The van der Waals surface area contributed by atoms with Crippen LogP contribution in [-0.4, -0.2) is 34.9 Å². The van der Waals surface area contributed by atoms with Crippen LogP contribution in [0.4, 0.5) is 0 Å². The second kappa shape index (κ2) is 23.5. The Morgan fingerprint density at radius 2 is 1.35 bits per heavy atom. The smallest absolute Gasteiger partial charge is 0.220 e. The van der Waals surface area contributed by atoms with E-state index in [2.05, 4.69) is 43.5 Å². The fourth-order valence-electron chi connectivity index (χ4n) is 3.61. The molecule has 0 aliphatic carbocycles. The molecule has 4 heteroatoms. The highest BCUT2D eigenvalue weighted by Gasteiger charge is 2.19. The molecule has 0 spiro atoms. The highest BCUT2D eigenvalue weighted by Crippen LogP contribution is 2.11. The zero-order valence-electron chi connectivity index (χ0n) is 20.5. The van der Waals surface area contributed by atoms with Crippen LogP contribution in [0.2, 0.25) is 0 Å². The van der Waals surface area contributed by atoms with Crippen molar-refractivity contribution in [2.75, 3.05) is 6.61 Å². The first-order valence-corrected chi connectivity index (χ1v) is 13.0. The van der Waals surface area contributed by atoms with E-state index < -0.39 is 12.1 Å². The first-order valence-electron chi connectivity index (χ1n) is 13.0. The molecule has 3 N–H and O–H groups in total. The summed E-state index contributed by atoms with van der Waals surface area (Å²) >= 11 is 0. The normalized spacial score (nSPS) is 13.8. The zero-order chi connectivity index (χ0) is 23.0. The van der Waals surface area contributed by atoms with Gasteiger partial charge in [-0.3, -0.25) is 4.79 Å². The van der Waals surface area contributed by atoms with Gasteiger partial charge in [-0.25, -0.2) is 0 Å². The van der Waals surface area contributed by atoms with E-state index in [1.165, 1.54) is 51.4 Å². The number of aliphatic hydroxyl groups is 2. The van der Waals surface area contributed by atoms with Gasteiger partial charge in [0, 0.05) is 6.42 Å². The van der Waals surface area contributed by atoms with Gasteiger partial charge < -0.3 is 15.5 Å². The monoisotopic (exact) mass is 437 g/mol. The topological polar surface area (TPSA) is 69.6 Å². The Balaban J connectivity index is 3.65. The van der Waals surface area contributed by atoms with Gasteiger partial charge in [0.1, 0.15) is 0 Å². The van der Waals surface area contributed by atoms with Crippen molar-refractivity contribution in [3.63, 3.8) is 0 Å². The van der Waals surface area contributed by atoms with Crippen LogP contribution in [0.25, 0.3) is 0 Å². The fourth-order valence-corrected chi connectivity index (χ4v) is 3.61. The van der Waals surface area contributed by atoms with Gasteiger partial charge >= 0.3 is 0 Å². The third kappa shape index (κ3) is 20.5. The third-order valence-electron chi connectivity index (χ3n) is 5.72. The maximum atomic E-state index is 12.1. The maximum Gasteiger partial charge on any atom is 0.220 e. The number of carbonyl (C=O) groups is 1. The van der Waals surface area contributed by atoms with Crippen molar-refractivity contribution in [1.82, 2.24) is 5.32 Å². The highest BCUT2D eigenvalue weighted by atomic mass is 16.3. The van der Waals surface area contributed by atoms with Gasteiger partial charge in [-0.05, 0) is 38.5 Å². The number of aliphatic hydroxyl groups excluding tert-OH is 2. The van der Waals surface area contributed by atoms with Crippen molar-refractivity contribution >= 4 is 5.91 Å². The number of hydrogen-bond acceptors (Lipinski definition) is 3. The molecule has 2 unspecified atom stereocenters. The molecule has 4 nitrogen and oxygen atoms in total. The Morgan fingerprint density at radius 3 is 2.03 bits per heavy atom. The second-order valence-electron chi connectivity index (χ2n) is 8.75. The summed E-state index contributed by atoms with van der Waals surface area (Å²) in [5, 5.41) is 22.5. The van der Waals surface area contributed by atoms with Gasteiger partial charge in [0.15, 0.2) is 0 Å². The number of allylic oxidation sites excluding steroid dienone is 4. The molecule has 0 aliphatic heterocycles. The lowest BCUT2D eigenvalue weighted by Crippen LogP contribution is -2.45. The Bertz CT molecular complexity index is 448. The van der Waals surface area contributed by atoms with Gasteiger partial charge in [0.2, 0.25) is 5.91 Å². The number of rotatable bonds is 22. The largest absolute Gasteiger partial charge is 0.394 e. The molecule has 0 bridgehead atoms. The minimum atomic E-state index is -0.657. The SMILES string of the molecule is CCCC/C=C\C/C=C\CCCCCCCC(=O)NC(CO)C(O)CCCCCCC. The molecule has 0 aromatic carbocycles. The Labute approximate surface area is 192 Å². The number of carbonyl (C=O) groups excluding carboxylic acids is 1. The number of unbranched alkanes of at least 4 members (excludes halogenated alkanes) is 11. The van der Waals surface area contributed by atoms with Crippen LogP contribution in [0.3, 0.4) is 0 Å². The molecule has 182 valence electrons. The van der Waals surface area contributed by atoms with Crippen molar-refractivity contribution in [2.45, 2.75) is 135 Å². The number of amides is 1. The quantitative estimate of drug-likeness (QED) is 0.132. The summed E-state index contributed by atoms with van der Waals surface area (Å²) in [6.45, 7) is 4.20. The van der Waals surface area contributed by atoms with Crippen LogP contribution in [0.1, 0.15) is 123 Å². The molecule has 0 heterocycles. The lowest BCUT2D eigenvalue weighted by molar-refractivity contribution is -0.123. The first kappa shape index (κ1) is 29.9. The van der Waals surface area contributed by atoms with Gasteiger partial charge in [-0.1, -0.05) is 102 Å². The molecule has 0 rings (SSSR count). The van der Waals surface area contributed by atoms with Crippen LogP contribution in [-0.2, 0) is 4.79 Å². The van der Waals surface area contributed by atoms with E-state index in [1.807, 2.05) is 0 Å². The van der Waals surface area contributed by atoms with E-state index >= 15 is 0 Å². The van der Waals surface area contributed by atoms with Crippen molar-refractivity contribution in [1.29, 1.82) is 0 Å². The Morgan fingerprint density at radius 1 is 0.774 bits per heavy atom. The summed E-state index contributed by atoms with van der Waals surface area (Å²) in [5.41, 5.74) is 0. The van der Waals surface area contributed by atoms with Crippen molar-refractivity contribution in [3.05, 3.63) is 24.3 Å². The van der Waals surface area contributed by atoms with Crippen molar-refractivity contribution < 1.29 is 15.0 Å². The molecule has 0 aromatic heterocycles. The second-order valence-corrected chi connectivity index (χ2v) is 8.75. The average molecular weight is 438 g/mol. The lowest BCUT2D eigenvalue weighted by atomic mass is 10.0. The lowest BCUT2D eigenvalue weighted by Gasteiger charge is -2.22. The molecule has 0 radical (unpaired) electrons. The predicted molar refractivity (Wildman–Crippen MR) is 133 cm³/mol. The summed E-state index contributed by atoms with van der Waals surface area (Å²) < 4.78 is 0. The molecule has 31 heavy (non-hydrogen) atoms. The van der Waals surface area contributed by atoms with Gasteiger partial charge in [-0.15, -0.1) is 0 Å². The van der Waals surface area contributed by atoms with Crippen LogP contribution in [0.5, 0.6) is 0 Å². The summed E-state index contributed by atoms with van der Waals surface area (Å²) in [6, 6.07) is -0.535. The van der Waals surface area contributed by atoms with Gasteiger partial charge in [-0.2, -0.15) is 0 Å². The van der Waals surface area contributed by atoms with Crippen molar-refractivity contribution in [2.24, 2.45) is 0 Å². The van der Waals surface area contributed by atoms with Gasteiger partial charge in [0.05, 0.1) is 18.8 Å². The molecule has 0 saturated carbocycles. The van der Waals surface area contributed by atoms with E-state index in [0.29, 0.717) is 12.8 Å². The fraction of sp³-hybridized carbons (Fsp3) is 0.815. The first-order chi connectivity index (χ1) is 15.2. The standard InChI is InChI=1S/C27H51NO3/c1-3-5-7-9-10-11-12-13-14-15-16-17-19-21-23-27(31)28-25(24-29)26(30)22-20-18-8-6-4-2/h9-10,12-13,25-26,29-30H,3-8,11,14-24H2,1-2H3,(H,28,31)/b10-9-,13-12-. The summed E-state index contributed by atoms with van der Waals surface area (Å²) in [7, 11) is 0. The molecular weight excluding hydrogens is 386 g/mol. The molecule has 1 amide bonds. The number of nitrogens with one attached hydrogen (secondary N) is 1. The average Bonchev–Trinajstić information content (AvgIpc) is 2.77. The third-order valence-corrected chi connectivity index (χ3v) is 5.72. The van der Waals surface area contributed by atoms with E-state index in [0.717, 1.165) is 44.9 Å². The van der Waals surface area contributed by atoms with Crippen LogP contribution < -0.4 is 5.32 Å². The zero-order valence-corrected chi connectivity index (χ0v) is 20.5. The maximum absolute atomic E-state index is 12.1. The van der Waals surface area contributed by atoms with Crippen LogP contribution >= 0.6 is 0 Å². The minimum absolute atomic E-state index is 0.0565. The number of hydrogen-bond donors (Lipinski definition) is 3. The van der Waals surface area contributed by atoms with E-state index in [1.54, 1.807) is 0 Å². The Hall–Kier alpha value is -1.13. The molecule has 0 aromatic rings. The molecule has 2 atom stereocenters.